The predicted molar refractivity (Wildman–Crippen MR) is 130 cm³/mol. The lowest BCUT2D eigenvalue weighted by Gasteiger charge is -2.35. The number of nitrogens with zero attached hydrogens (tertiary/aromatic N) is 4. The number of likely N-dealkylation sites (N-methyl/N-ethyl adjacent to an activating group) is 1. The number of halogens is 1. The summed E-state index contributed by atoms with van der Waals surface area (Å²) in [5, 5.41) is 7.67. The molecule has 0 bridgehead atoms. The summed E-state index contributed by atoms with van der Waals surface area (Å²) in [7, 11) is 2.16. The summed E-state index contributed by atoms with van der Waals surface area (Å²) in [6.07, 6.45) is 0. The minimum atomic E-state index is -0.134. The second-order valence-corrected chi connectivity index (χ2v) is 9.10. The number of aromatic nitrogens is 2. The van der Waals surface area contributed by atoms with Crippen molar-refractivity contribution in [1.82, 2.24) is 14.7 Å². The largest absolute Gasteiger partial charge is 0.369 e. The number of hydrogen-bond donors (Lipinski definition) is 1. The Morgan fingerprint density at radius 2 is 1.68 bits per heavy atom. The maximum atomic E-state index is 13.1. The molecule has 0 atom stereocenters. The Labute approximate surface area is 192 Å². The third kappa shape index (κ3) is 4.52. The minimum absolute atomic E-state index is 0.134. The number of nitrogens with one attached hydrogen (secondary N) is 1. The predicted octanol–water partition coefficient (Wildman–Crippen LogP) is 4.56. The van der Waals surface area contributed by atoms with Crippen molar-refractivity contribution in [3.8, 4) is 5.69 Å². The van der Waals surface area contributed by atoms with E-state index in [0.29, 0.717) is 11.3 Å². The molecule has 1 aromatic heterocycles. The smallest absolute Gasteiger partial charge is 0.259 e. The van der Waals surface area contributed by atoms with Gasteiger partial charge in [-0.25, -0.2) is 4.68 Å². The lowest BCUT2D eigenvalue weighted by Crippen LogP contribution is -2.44. The van der Waals surface area contributed by atoms with E-state index in [2.05, 4.69) is 62.2 Å². The number of aryl methyl sites for hydroxylation is 2. The molecule has 6 nitrogen and oxygen atoms in total. The van der Waals surface area contributed by atoms with Gasteiger partial charge in [-0.15, -0.1) is 0 Å². The molecule has 1 aliphatic heterocycles. The average Bonchev–Trinajstić information content (AvgIpc) is 3.03. The molecule has 4 rings (SSSR count). The third-order valence-corrected chi connectivity index (χ3v) is 6.42. The van der Waals surface area contributed by atoms with E-state index in [1.54, 1.807) is 0 Å². The van der Waals surface area contributed by atoms with Crippen LogP contribution >= 0.6 is 15.9 Å². The molecule has 0 spiro atoms. The first-order valence-electron chi connectivity index (χ1n) is 10.5. The maximum Gasteiger partial charge on any atom is 0.259 e. The fraction of sp³-hybridized carbons (Fsp3) is 0.333. The monoisotopic (exact) mass is 481 g/mol. The van der Waals surface area contributed by atoms with Gasteiger partial charge in [0, 0.05) is 42.0 Å². The molecule has 2 aromatic carbocycles. The highest BCUT2D eigenvalue weighted by Crippen LogP contribution is 2.26. The van der Waals surface area contributed by atoms with Gasteiger partial charge in [0.1, 0.15) is 0 Å². The zero-order chi connectivity index (χ0) is 22.1. The van der Waals surface area contributed by atoms with Crippen molar-refractivity contribution < 1.29 is 4.79 Å². The van der Waals surface area contributed by atoms with E-state index in [0.717, 1.165) is 47.7 Å². The quantitative estimate of drug-likeness (QED) is 0.593. The van der Waals surface area contributed by atoms with Crippen molar-refractivity contribution in [3.63, 3.8) is 0 Å². The molecule has 7 heteroatoms. The molecular weight excluding hydrogens is 454 g/mol. The van der Waals surface area contributed by atoms with Gasteiger partial charge < -0.3 is 15.1 Å². The number of rotatable bonds is 4. The maximum absolute atomic E-state index is 13.1. The van der Waals surface area contributed by atoms with Gasteiger partial charge >= 0.3 is 0 Å². The van der Waals surface area contributed by atoms with E-state index in [4.69, 9.17) is 0 Å². The van der Waals surface area contributed by atoms with E-state index in [1.807, 2.05) is 48.9 Å². The molecule has 1 saturated heterocycles. The molecule has 162 valence electrons. The van der Waals surface area contributed by atoms with Crippen molar-refractivity contribution in [3.05, 3.63) is 69.5 Å². The summed E-state index contributed by atoms with van der Waals surface area (Å²) in [4.78, 5) is 17.9. The minimum Gasteiger partial charge on any atom is -0.369 e. The van der Waals surface area contributed by atoms with Gasteiger partial charge in [0.15, 0.2) is 0 Å². The van der Waals surface area contributed by atoms with E-state index in [1.165, 1.54) is 11.3 Å². The summed E-state index contributed by atoms with van der Waals surface area (Å²) >= 11 is 3.46. The lowest BCUT2D eigenvalue weighted by molar-refractivity contribution is 0.102. The molecule has 1 amide bonds. The number of amides is 1. The molecule has 0 unspecified atom stereocenters. The van der Waals surface area contributed by atoms with Gasteiger partial charge in [0.25, 0.3) is 5.91 Å². The molecule has 2 heterocycles. The van der Waals surface area contributed by atoms with Gasteiger partial charge in [-0.1, -0.05) is 15.9 Å². The van der Waals surface area contributed by atoms with Crippen LogP contribution in [0.25, 0.3) is 5.69 Å². The van der Waals surface area contributed by atoms with Gasteiger partial charge in [-0.05, 0) is 75.8 Å². The second kappa shape index (κ2) is 8.85. The van der Waals surface area contributed by atoms with Crippen molar-refractivity contribution in [1.29, 1.82) is 0 Å². The topological polar surface area (TPSA) is 53.4 Å². The standard InChI is InChI=1S/C24H28BrN5O/c1-16-15-20(7-10-22(16)29-13-11-28(4)12-14-29)26-24(31)23-17(2)27-30(18(23)3)21-8-5-19(25)6-9-21/h5-10,15H,11-14H2,1-4H3,(H,26,31). The SMILES string of the molecule is Cc1cc(NC(=O)c2c(C)nn(-c3ccc(Br)cc3)c2C)ccc1N1CCN(C)CC1. The molecule has 0 saturated carbocycles. The van der Waals surface area contributed by atoms with Crippen LogP contribution in [-0.2, 0) is 0 Å². The summed E-state index contributed by atoms with van der Waals surface area (Å²) < 4.78 is 2.82. The molecule has 0 radical (unpaired) electrons. The Kier molecular flexibility index (Phi) is 6.16. The Balaban J connectivity index is 1.53. The normalized spacial score (nSPS) is 14.7. The molecule has 3 aromatic rings. The van der Waals surface area contributed by atoms with Crippen molar-refractivity contribution in [2.45, 2.75) is 20.8 Å². The van der Waals surface area contributed by atoms with Crippen LogP contribution in [0.1, 0.15) is 27.3 Å². The van der Waals surface area contributed by atoms with Gasteiger partial charge in [-0.2, -0.15) is 5.10 Å². The van der Waals surface area contributed by atoms with Crippen LogP contribution in [0.2, 0.25) is 0 Å². The number of anilines is 2. The number of piperazine rings is 1. The van der Waals surface area contributed by atoms with Crippen LogP contribution in [0.15, 0.2) is 46.9 Å². The Morgan fingerprint density at radius 3 is 2.32 bits per heavy atom. The van der Waals surface area contributed by atoms with Crippen LogP contribution in [0.3, 0.4) is 0 Å². The lowest BCUT2D eigenvalue weighted by atomic mass is 10.1. The zero-order valence-electron chi connectivity index (χ0n) is 18.4. The molecule has 1 fully saturated rings. The fourth-order valence-electron chi connectivity index (χ4n) is 4.13. The van der Waals surface area contributed by atoms with Crippen LogP contribution < -0.4 is 10.2 Å². The second-order valence-electron chi connectivity index (χ2n) is 8.18. The Bertz CT molecular complexity index is 1100. The summed E-state index contributed by atoms with van der Waals surface area (Å²) in [5.41, 5.74) is 6.28. The van der Waals surface area contributed by atoms with Crippen LogP contribution in [-0.4, -0.2) is 53.8 Å². The van der Waals surface area contributed by atoms with E-state index < -0.39 is 0 Å². The van der Waals surface area contributed by atoms with Gasteiger partial charge in [0.2, 0.25) is 0 Å². The molecule has 1 N–H and O–H groups in total. The highest BCUT2D eigenvalue weighted by molar-refractivity contribution is 9.10. The first-order chi connectivity index (χ1) is 14.8. The number of benzene rings is 2. The Hall–Kier alpha value is -2.64. The zero-order valence-corrected chi connectivity index (χ0v) is 20.0. The number of hydrogen-bond acceptors (Lipinski definition) is 4. The van der Waals surface area contributed by atoms with Gasteiger partial charge in [-0.3, -0.25) is 4.79 Å². The highest BCUT2D eigenvalue weighted by atomic mass is 79.9. The summed E-state index contributed by atoms with van der Waals surface area (Å²) in [5.74, 6) is -0.134. The first kappa shape index (κ1) is 21.6. The Morgan fingerprint density at radius 1 is 1.00 bits per heavy atom. The number of carbonyl (C=O) groups excluding carboxylic acids is 1. The first-order valence-corrected chi connectivity index (χ1v) is 11.3. The molecule has 0 aliphatic carbocycles. The van der Waals surface area contributed by atoms with Crippen molar-refractivity contribution in [2.24, 2.45) is 0 Å². The van der Waals surface area contributed by atoms with E-state index >= 15 is 0 Å². The van der Waals surface area contributed by atoms with E-state index in [-0.39, 0.29) is 5.91 Å². The van der Waals surface area contributed by atoms with Crippen molar-refractivity contribution in [2.75, 3.05) is 43.4 Å². The molecule has 31 heavy (non-hydrogen) atoms. The van der Waals surface area contributed by atoms with Crippen molar-refractivity contribution >= 4 is 33.2 Å². The number of carbonyl (C=O) groups is 1. The van der Waals surface area contributed by atoms with E-state index in [9.17, 15) is 4.79 Å². The average molecular weight is 482 g/mol. The molecule has 1 aliphatic rings. The summed E-state index contributed by atoms with van der Waals surface area (Å²) in [6.45, 7) is 10.1. The molecular formula is C24H28BrN5O. The van der Waals surface area contributed by atoms with Crippen LogP contribution in [0.4, 0.5) is 11.4 Å². The third-order valence-electron chi connectivity index (χ3n) is 5.89. The fourth-order valence-corrected chi connectivity index (χ4v) is 4.40. The van der Waals surface area contributed by atoms with Gasteiger partial charge in [0.05, 0.1) is 22.6 Å². The summed E-state index contributed by atoms with van der Waals surface area (Å²) in [6, 6.07) is 14.0. The van der Waals surface area contributed by atoms with Crippen LogP contribution in [0.5, 0.6) is 0 Å². The highest BCUT2D eigenvalue weighted by Gasteiger charge is 2.21. The van der Waals surface area contributed by atoms with Crippen LogP contribution in [0, 0.1) is 20.8 Å².